The molecule has 2 fully saturated rings. The van der Waals surface area contributed by atoms with Gasteiger partial charge in [-0.05, 0) is 38.5 Å². The number of nitrogens with one attached hydrogen (secondary N) is 1. The van der Waals surface area contributed by atoms with E-state index in [1.807, 2.05) is 4.90 Å². The van der Waals surface area contributed by atoms with Crippen molar-refractivity contribution in [2.45, 2.75) is 58.4 Å². The van der Waals surface area contributed by atoms with E-state index in [0.717, 1.165) is 63.5 Å². The third-order valence-electron chi connectivity index (χ3n) is 5.58. The standard InChI is InChI=1S/C19H31N5O/c1-3-15(4-2)19(25)24-11-7-16(8-12-24)22-17-13-18(21-14-20-17)23-9-5-6-10-23/h13-16H,3-12H2,1-2H3,(H,20,21,22). The first-order valence-electron chi connectivity index (χ1n) is 9.83. The third kappa shape index (κ3) is 4.41. The minimum Gasteiger partial charge on any atom is -0.367 e. The molecule has 138 valence electrons. The summed E-state index contributed by atoms with van der Waals surface area (Å²) in [5.41, 5.74) is 0. The predicted octanol–water partition coefficient (Wildman–Crippen LogP) is 2.92. The number of amides is 1. The minimum atomic E-state index is 0.189. The van der Waals surface area contributed by atoms with E-state index in [4.69, 9.17) is 0 Å². The predicted molar refractivity (Wildman–Crippen MR) is 101 cm³/mol. The molecule has 2 aliphatic rings. The molecule has 3 heterocycles. The van der Waals surface area contributed by atoms with E-state index in [9.17, 15) is 4.79 Å². The number of likely N-dealkylation sites (tertiary alicyclic amines) is 1. The number of piperidine rings is 1. The number of rotatable bonds is 6. The number of carbonyl (C=O) groups is 1. The Bertz CT molecular complexity index is 561. The van der Waals surface area contributed by atoms with Gasteiger partial charge in [0.2, 0.25) is 5.91 Å². The van der Waals surface area contributed by atoms with Crippen LogP contribution in [0.25, 0.3) is 0 Å². The summed E-state index contributed by atoms with van der Waals surface area (Å²) < 4.78 is 0. The summed E-state index contributed by atoms with van der Waals surface area (Å²) in [6, 6.07) is 2.44. The van der Waals surface area contributed by atoms with Gasteiger partial charge < -0.3 is 15.1 Å². The lowest BCUT2D eigenvalue weighted by Gasteiger charge is -2.34. The molecule has 2 aliphatic heterocycles. The van der Waals surface area contributed by atoms with Crippen molar-refractivity contribution in [2.75, 3.05) is 36.4 Å². The largest absolute Gasteiger partial charge is 0.367 e. The van der Waals surface area contributed by atoms with Crippen LogP contribution in [0.4, 0.5) is 11.6 Å². The van der Waals surface area contributed by atoms with Gasteiger partial charge in [0, 0.05) is 44.2 Å². The van der Waals surface area contributed by atoms with Gasteiger partial charge in [-0.15, -0.1) is 0 Å². The van der Waals surface area contributed by atoms with Gasteiger partial charge in [-0.1, -0.05) is 13.8 Å². The Hall–Kier alpha value is -1.85. The molecule has 6 nitrogen and oxygen atoms in total. The Morgan fingerprint density at radius 1 is 1.16 bits per heavy atom. The molecule has 0 saturated carbocycles. The number of anilines is 2. The molecule has 0 atom stereocenters. The molecule has 0 spiro atoms. The van der Waals surface area contributed by atoms with E-state index in [-0.39, 0.29) is 5.92 Å². The first kappa shape index (κ1) is 18.0. The molecule has 3 rings (SSSR count). The smallest absolute Gasteiger partial charge is 0.225 e. The lowest BCUT2D eigenvalue weighted by Crippen LogP contribution is -2.44. The Morgan fingerprint density at radius 2 is 1.84 bits per heavy atom. The van der Waals surface area contributed by atoms with Gasteiger partial charge in [0.25, 0.3) is 0 Å². The Balaban J connectivity index is 1.52. The van der Waals surface area contributed by atoms with Gasteiger partial charge in [0.15, 0.2) is 0 Å². The van der Waals surface area contributed by atoms with Gasteiger partial charge in [0.1, 0.15) is 18.0 Å². The van der Waals surface area contributed by atoms with Crippen LogP contribution in [0.2, 0.25) is 0 Å². The number of carbonyl (C=O) groups excluding carboxylic acids is 1. The summed E-state index contributed by atoms with van der Waals surface area (Å²) in [4.78, 5) is 25.7. The van der Waals surface area contributed by atoms with Gasteiger partial charge in [-0.25, -0.2) is 9.97 Å². The first-order chi connectivity index (χ1) is 12.2. The van der Waals surface area contributed by atoms with Crippen molar-refractivity contribution in [1.82, 2.24) is 14.9 Å². The molecule has 0 unspecified atom stereocenters. The number of hydrogen-bond donors (Lipinski definition) is 1. The average molecular weight is 345 g/mol. The monoisotopic (exact) mass is 345 g/mol. The van der Waals surface area contributed by atoms with E-state index < -0.39 is 0 Å². The molecule has 1 aromatic heterocycles. The van der Waals surface area contributed by atoms with E-state index in [0.29, 0.717) is 11.9 Å². The molecule has 1 aromatic rings. The van der Waals surface area contributed by atoms with Crippen LogP contribution in [0, 0.1) is 5.92 Å². The second-order valence-electron chi connectivity index (χ2n) is 7.21. The van der Waals surface area contributed by atoms with Crippen LogP contribution in [0.15, 0.2) is 12.4 Å². The summed E-state index contributed by atoms with van der Waals surface area (Å²) in [6.45, 7) is 8.08. The quantitative estimate of drug-likeness (QED) is 0.859. The van der Waals surface area contributed by atoms with E-state index in [1.165, 1.54) is 12.8 Å². The minimum absolute atomic E-state index is 0.189. The van der Waals surface area contributed by atoms with Crippen LogP contribution in [0.3, 0.4) is 0 Å². The maximum Gasteiger partial charge on any atom is 0.225 e. The topological polar surface area (TPSA) is 61.4 Å². The van der Waals surface area contributed by atoms with Gasteiger partial charge in [0.05, 0.1) is 0 Å². The summed E-state index contributed by atoms with van der Waals surface area (Å²) in [6.07, 6.45) is 7.98. The zero-order valence-electron chi connectivity index (χ0n) is 15.6. The lowest BCUT2D eigenvalue weighted by molar-refractivity contribution is -0.136. The average Bonchev–Trinajstić information content (AvgIpc) is 3.18. The fourth-order valence-electron chi connectivity index (χ4n) is 3.89. The first-order valence-corrected chi connectivity index (χ1v) is 9.83. The summed E-state index contributed by atoms with van der Waals surface area (Å²) in [5.74, 6) is 2.45. The fraction of sp³-hybridized carbons (Fsp3) is 0.737. The molecule has 0 radical (unpaired) electrons. The van der Waals surface area contributed by atoms with Crippen molar-refractivity contribution < 1.29 is 4.79 Å². The molecule has 0 aliphatic carbocycles. The van der Waals surface area contributed by atoms with Crippen molar-refractivity contribution in [1.29, 1.82) is 0 Å². The molecule has 1 N–H and O–H groups in total. The van der Waals surface area contributed by atoms with Crippen LogP contribution in [0.1, 0.15) is 52.4 Å². The second kappa shape index (κ2) is 8.50. The van der Waals surface area contributed by atoms with Crippen molar-refractivity contribution >= 4 is 17.5 Å². The van der Waals surface area contributed by atoms with E-state index in [2.05, 4.69) is 40.1 Å². The van der Waals surface area contributed by atoms with Crippen molar-refractivity contribution in [3.63, 3.8) is 0 Å². The molecule has 0 bridgehead atoms. The molecule has 0 aromatic carbocycles. The highest BCUT2D eigenvalue weighted by atomic mass is 16.2. The fourth-order valence-corrected chi connectivity index (χ4v) is 3.89. The van der Waals surface area contributed by atoms with Crippen molar-refractivity contribution in [3.05, 3.63) is 12.4 Å². The second-order valence-corrected chi connectivity index (χ2v) is 7.21. The molecule has 6 heteroatoms. The molecule has 25 heavy (non-hydrogen) atoms. The molecular formula is C19H31N5O. The SMILES string of the molecule is CCC(CC)C(=O)N1CCC(Nc2cc(N3CCCC3)ncn2)CC1. The Morgan fingerprint density at radius 3 is 2.48 bits per heavy atom. The zero-order valence-corrected chi connectivity index (χ0v) is 15.6. The highest BCUT2D eigenvalue weighted by molar-refractivity contribution is 5.78. The molecule has 1 amide bonds. The normalized spacial score (nSPS) is 18.8. The van der Waals surface area contributed by atoms with Crippen LogP contribution < -0.4 is 10.2 Å². The maximum atomic E-state index is 12.5. The number of hydrogen-bond acceptors (Lipinski definition) is 5. The molecule has 2 saturated heterocycles. The van der Waals surface area contributed by atoms with Crippen LogP contribution in [-0.4, -0.2) is 53.0 Å². The highest BCUT2D eigenvalue weighted by Gasteiger charge is 2.26. The summed E-state index contributed by atoms with van der Waals surface area (Å²) in [7, 11) is 0. The van der Waals surface area contributed by atoms with Crippen LogP contribution in [0.5, 0.6) is 0 Å². The summed E-state index contributed by atoms with van der Waals surface area (Å²) >= 11 is 0. The highest BCUT2D eigenvalue weighted by Crippen LogP contribution is 2.22. The van der Waals surface area contributed by atoms with E-state index in [1.54, 1.807) is 6.33 Å². The Labute approximate surface area is 151 Å². The van der Waals surface area contributed by atoms with Crippen LogP contribution >= 0.6 is 0 Å². The van der Waals surface area contributed by atoms with Gasteiger partial charge in [-0.3, -0.25) is 4.79 Å². The van der Waals surface area contributed by atoms with Gasteiger partial charge >= 0.3 is 0 Å². The van der Waals surface area contributed by atoms with Crippen LogP contribution in [-0.2, 0) is 4.79 Å². The third-order valence-corrected chi connectivity index (χ3v) is 5.58. The van der Waals surface area contributed by atoms with Gasteiger partial charge in [-0.2, -0.15) is 0 Å². The van der Waals surface area contributed by atoms with Crippen molar-refractivity contribution in [2.24, 2.45) is 5.92 Å². The zero-order chi connectivity index (χ0) is 17.6. The number of aromatic nitrogens is 2. The summed E-state index contributed by atoms with van der Waals surface area (Å²) in [5, 5.41) is 3.55. The molecular weight excluding hydrogens is 314 g/mol. The van der Waals surface area contributed by atoms with E-state index >= 15 is 0 Å². The lowest BCUT2D eigenvalue weighted by atomic mass is 9.98. The maximum absolute atomic E-state index is 12.5. The van der Waals surface area contributed by atoms with Crippen molar-refractivity contribution in [3.8, 4) is 0 Å². The Kier molecular flexibility index (Phi) is 6.10. The number of nitrogens with zero attached hydrogens (tertiary/aromatic N) is 4.